The standard InChI is InChI=1S/C18H25N3O2/c1-6-16-20-13(3)17(23-16)18(22)19-11-15(21(4)5)14-9-7-12(2)8-10-14/h7-10,15H,6,11H2,1-5H3,(H,19,22). The van der Waals surface area contributed by atoms with Gasteiger partial charge in [-0.1, -0.05) is 36.8 Å². The Bertz CT molecular complexity index is 659. The van der Waals surface area contributed by atoms with E-state index in [1.165, 1.54) is 11.1 Å². The van der Waals surface area contributed by atoms with Crippen LogP contribution in [0.15, 0.2) is 28.7 Å². The summed E-state index contributed by atoms with van der Waals surface area (Å²) in [4.78, 5) is 18.7. The molecule has 0 aliphatic carbocycles. The maximum atomic E-state index is 12.3. The van der Waals surface area contributed by atoms with E-state index in [1.807, 2.05) is 21.0 Å². The van der Waals surface area contributed by atoms with Crippen molar-refractivity contribution >= 4 is 5.91 Å². The van der Waals surface area contributed by atoms with Crippen LogP contribution < -0.4 is 5.32 Å². The Morgan fingerprint density at radius 2 is 1.91 bits per heavy atom. The summed E-state index contributed by atoms with van der Waals surface area (Å²) in [6.07, 6.45) is 0.678. The molecule has 124 valence electrons. The van der Waals surface area contributed by atoms with Gasteiger partial charge in [0, 0.05) is 13.0 Å². The van der Waals surface area contributed by atoms with Crippen molar-refractivity contribution < 1.29 is 9.21 Å². The molecule has 1 heterocycles. The molecule has 5 nitrogen and oxygen atoms in total. The van der Waals surface area contributed by atoms with Crippen LogP contribution in [0.1, 0.15) is 46.2 Å². The van der Waals surface area contributed by atoms with E-state index in [2.05, 4.69) is 46.4 Å². The lowest BCUT2D eigenvalue weighted by Crippen LogP contribution is -2.34. The summed E-state index contributed by atoms with van der Waals surface area (Å²) >= 11 is 0. The van der Waals surface area contributed by atoms with Crippen molar-refractivity contribution in [2.75, 3.05) is 20.6 Å². The molecule has 0 fully saturated rings. The van der Waals surface area contributed by atoms with Gasteiger partial charge in [-0.3, -0.25) is 4.79 Å². The first-order valence-corrected chi connectivity index (χ1v) is 7.89. The van der Waals surface area contributed by atoms with Gasteiger partial charge in [0.25, 0.3) is 5.91 Å². The molecule has 0 spiro atoms. The third-order valence-corrected chi connectivity index (χ3v) is 3.89. The minimum Gasteiger partial charge on any atom is -0.435 e. The van der Waals surface area contributed by atoms with Crippen LogP contribution in [0.2, 0.25) is 0 Å². The van der Waals surface area contributed by atoms with Gasteiger partial charge in [0.05, 0.1) is 11.7 Å². The summed E-state index contributed by atoms with van der Waals surface area (Å²) in [6.45, 7) is 6.32. The molecule has 0 saturated carbocycles. The number of rotatable bonds is 6. The highest BCUT2D eigenvalue weighted by Crippen LogP contribution is 2.18. The minimum absolute atomic E-state index is 0.105. The van der Waals surface area contributed by atoms with E-state index >= 15 is 0 Å². The van der Waals surface area contributed by atoms with Gasteiger partial charge in [0.1, 0.15) is 0 Å². The molecule has 1 atom stereocenters. The molecule has 1 amide bonds. The lowest BCUT2D eigenvalue weighted by Gasteiger charge is -2.25. The molecule has 0 aliphatic heterocycles. The number of aryl methyl sites for hydroxylation is 3. The molecule has 1 unspecified atom stereocenters. The number of hydrogen-bond donors (Lipinski definition) is 1. The van der Waals surface area contributed by atoms with Crippen molar-refractivity contribution in [3.05, 3.63) is 52.7 Å². The van der Waals surface area contributed by atoms with Gasteiger partial charge in [0.15, 0.2) is 5.89 Å². The zero-order chi connectivity index (χ0) is 17.0. The van der Waals surface area contributed by atoms with E-state index < -0.39 is 0 Å². The van der Waals surface area contributed by atoms with E-state index in [0.29, 0.717) is 30.3 Å². The quantitative estimate of drug-likeness (QED) is 0.890. The average molecular weight is 315 g/mol. The topological polar surface area (TPSA) is 58.4 Å². The second kappa shape index (κ2) is 7.42. The molecule has 2 aromatic rings. The van der Waals surface area contributed by atoms with Crippen LogP contribution in [0.3, 0.4) is 0 Å². The van der Waals surface area contributed by atoms with Crippen LogP contribution in [-0.4, -0.2) is 36.4 Å². The van der Waals surface area contributed by atoms with E-state index in [1.54, 1.807) is 6.92 Å². The van der Waals surface area contributed by atoms with Crippen molar-refractivity contribution in [3.63, 3.8) is 0 Å². The van der Waals surface area contributed by atoms with Crippen molar-refractivity contribution in [3.8, 4) is 0 Å². The van der Waals surface area contributed by atoms with Gasteiger partial charge in [-0.2, -0.15) is 0 Å². The summed E-state index contributed by atoms with van der Waals surface area (Å²) in [5.41, 5.74) is 3.03. The van der Waals surface area contributed by atoms with E-state index in [4.69, 9.17) is 4.42 Å². The first kappa shape index (κ1) is 17.2. The van der Waals surface area contributed by atoms with Gasteiger partial charge < -0.3 is 14.6 Å². The van der Waals surface area contributed by atoms with Gasteiger partial charge >= 0.3 is 0 Å². The SMILES string of the molecule is CCc1nc(C)c(C(=O)NCC(c2ccc(C)cc2)N(C)C)o1. The van der Waals surface area contributed by atoms with Crippen LogP contribution >= 0.6 is 0 Å². The molecule has 1 aromatic heterocycles. The van der Waals surface area contributed by atoms with Crippen LogP contribution in [0.4, 0.5) is 0 Å². The van der Waals surface area contributed by atoms with Crippen LogP contribution in [0, 0.1) is 13.8 Å². The number of hydrogen-bond acceptors (Lipinski definition) is 4. The number of likely N-dealkylation sites (N-methyl/N-ethyl adjacent to an activating group) is 1. The maximum absolute atomic E-state index is 12.3. The fourth-order valence-corrected chi connectivity index (χ4v) is 2.47. The lowest BCUT2D eigenvalue weighted by molar-refractivity contribution is 0.0911. The number of nitrogens with zero attached hydrogens (tertiary/aromatic N) is 2. The summed E-state index contributed by atoms with van der Waals surface area (Å²) in [5, 5.41) is 2.96. The third-order valence-electron chi connectivity index (χ3n) is 3.89. The number of carbonyl (C=O) groups is 1. The molecule has 1 N–H and O–H groups in total. The fourth-order valence-electron chi connectivity index (χ4n) is 2.47. The van der Waals surface area contributed by atoms with Crippen molar-refractivity contribution in [2.45, 2.75) is 33.2 Å². The van der Waals surface area contributed by atoms with Crippen molar-refractivity contribution in [1.82, 2.24) is 15.2 Å². The molecule has 0 saturated heterocycles. The zero-order valence-corrected chi connectivity index (χ0v) is 14.5. The number of nitrogens with one attached hydrogen (secondary N) is 1. The van der Waals surface area contributed by atoms with Crippen molar-refractivity contribution in [1.29, 1.82) is 0 Å². The highest BCUT2D eigenvalue weighted by Gasteiger charge is 2.20. The molecule has 5 heteroatoms. The Hall–Kier alpha value is -2.14. The Morgan fingerprint density at radius 3 is 2.43 bits per heavy atom. The minimum atomic E-state index is -0.214. The second-order valence-electron chi connectivity index (χ2n) is 5.98. The molecule has 23 heavy (non-hydrogen) atoms. The summed E-state index contributed by atoms with van der Waals surface area (Å²) in [5.74, 6) is 0.687. The van der Waals surface area contributed by atoms with E-state index in [9.17, 15) is 4.79 Å². The number of oxazole rings is 1. The number of amides is 1. The van der Waals surface area contributed by atoms with Crippen LogP contribution in [-0.2, 0) is 6.42 Å². The predicted molar refractivity (Wildman–Crippen MR) is 90.6 cm³/mol. The molecular formula is C18H25N3O2. The first-order chi connectivity index (χ1) is 10.9. The second-order valence-corrected chi connectivity index (χ2v) is 5.98. The van der Waals surface area contributed by atoms with Gasteiger partial charge in [-0.05, 0) is 33.5 Å². The molecule has 2 rings (SSSR count). The maximum Gasteiger partial charge on any atom is 0.289 e. The number of aromatic nitrogens is 1. The summed E-state index contributed by atoms with van der Waals surface area (Å²) in [7, 11) is 4.01. The predicted octanol–water partition coefficient (Wildman–Crippen LogP) is 2.89. The molecule has 1 aromatic carbocycles. The Kier molecular flexibility index (Phi) is 5.55. The zero-order valence-electron chi connectivity index (χ0n) is 14.5. The van der Waals surface area contributed by atoms with Gasteiger partial charge in [-0.25, -0.2) is 4.98 Å². The highest BCUT2D eigenvalue weighted by molar-refractivity contribution is 5.92. The smallest absolute Gasteiger partial charge is 0.289 e. The average Bonchev–Trinajstić information content (AvgIpc) is 2.90. The normalized spacial score (nSPS) is 12.4. The van der Waals surface area contributed by atoms with Crippen LogP contribution in [0.25, 0.3) is 0 Å². The Morgan fingerprint density at radius 1 is 1.26 bits per heavy atom. The summed E-state index contributed by atoms with van der Waals surface area (Å²) in [6, 6.07) is 8.47. The van der Waals surface area contributed by atoms with Gasteiger partial charge in [-0.15, -0.1) is 0 Å². The Labute approximate surface area is 137 Å². The fraction of sp³-hybridized carbons (Fsp3) is 0.444. The Balaban J connectivity index is 2.07. The van der Waals surface area contributed by atoms with E-state index in [0.717, 1.165) is 0 Å². The van der Waals surface area contributed by atoms with Crippen molar-refractivity contribution in [2.24, 2.45) is 0 Å². The monoisotopic (exact) mass is 315 g/mol. The number of benzene rings is 1. The lowest BCUT2D eigenvalue weighted by atomic mass is 10.0. The molecule has 0 radical (unpaired) electrons. The first-order valence-electron chi connectivity index (χ1n) is 7.89. The number of carbonyl (C=O) groups excluding carboxylic acids is 1. The van der Waals surface area contributed by atoms with Gasteiger partial charge in [0.2, 0.25) is 5.76 Å². The molecule has 0 aliphatic rings. The largest absolute Gasteiger partial charge is 0.435 e. The third kappa shape index (κ3) is 4.20. The van der Waals surface area contributed by atoms with E-state index in [-0.39, 0.29) is 11.9 Å². The van der Waals surface area contributed by atoms with Crippen LogP contribution in [0.5, 0.6) is 0 Å². The highest BCUT2D eigenvalue weighted by atomic mass is 16.4. The summed E-state index contributed by atoms with van der Waals surface area (Å²) < 4.78 is 5.50. The molecule has 0 bridgehead atoms. The molecular weight excluding hydrogens is 290 g/mol.